The number of ketones is 2. The van der Waals surface area contributed by atoms with E-state index in [-0.39, 0.29) is 46.4 Å². The van der Waals surface area contributed by atoms with Gasteiger partial charge >= 0.3 is 0 Å². The maximum atomic E-state index is 13.2. The van der Waals surface area contributed by atoms with Crippen molar-refractivity contribution >= 4 is 57.9 Å². The normalized spacial score (nSPS) is 19.3. The predicted molar refractivity (Wildman–Crippen MR) is 184 cm³/mol. The Morgan fingerprint density at radius 3 is 2.11 bits per heavy atom. The molecule has 2 N–H and O–H groups in total. The Balaban J connectivity index is 1.04. The summed E-state index contributed by atoms with van der Waals surface area (Å²) in [7, 11) is 0. The summed E-state index contributed by atoms with van der Waals surface area (Å²) in [5.41, 5.74) is 1.36. The lowest BCUT2D eigenvalue weighted by Gasteiger charge is -2.37. The Bertz CT molecular complexity index is 1620. The van der Waals surface area contributed by atoms with Crippen LogP contribution in [0.4, 0.5) is 0 Å². The van der Waals surface area contributed by atoms with E-state index in [2.05, 4.69) is 30.2 Å². The van der Waals surface area contributed by atoms with Crippen molar-refractivity contribution in [2.24, 2.45) is 11.8 Å². The number of benzene rings is 2. The van der Waals surface area contributed by atoms with Crippen molar-refractivity contribution in [1.82, 2.24) is 10.6 Å². The zero-order chi connectivity index (χ0) is 32.2. The van der Waals surface area contributed by atoms with Crippen LogP contribution in [-0.2, 0) is 0 Å². The average molecular weight is 653 g/mol. The van der Waals surface area contributed by atoms with Gasteiger partial charge in [-0.05, 0) is 82.1 Å². The predicted octanol–water partition coefficient (Wildman–Crippen LogP) is 7.75. The zero-order valence-corrected chi connectivity index (χ0v) is 28.5. The van der Waals surface area contributed by atoms with Crippen molar-refractivity contribution in [2.75, 3.05) is 12.3 Å². The molecule has 2 aromatic heterocycles. The third-order valence-electron chi connectivity index (χ3n) is 7.94. The second kappa shape index (κ2) is 14.7. The number of ether oxygens (including phenoxy) is 2. The van der Waals surface area contributed by atoms with Crippen molar-refractivity contribution in [1.29, 1.82) is 0 Å². The van der Waals surface area contributed by atoms with Gasteiger partial charge in [0, 0.05) is 46.3 Å². The summed E-state index contributed by atoms with van der Waals surface area (Å²) in [6, 6.07) is 15.3. The van der Waals surface area contributed by atoms with Gasteiger partial charge in [0.05, 0.1) is 5.37 Å². The van der Waals surface area contributed by atoms with Crippen LogP contribution in [0.5, 0.6) is 11.5 Å². The standard InChI is InChI=1S/C35H44N2O6S2/c1-19(2)34(38)32-13-25-12-28(8-10-30(25)42-32)41-29-15-26(16-29)37-23(6)45-18-20(3)35(39)33-14-24-11-27(7-9-31(24)43-33)40-21(4)17-36-22(5)44/h7-14,19-23,26,29,36-37,44H,15-18H2,1-6H3/t20?,21-,22?,23?,26?,29?/m1/s1. The van der Waals surface area contributed by atoms with Crippen molar-refractivity contribution in [3.05, 3.63) is 60.1 Å². The highest BCUT2D eigenvalue weighted by Crippen LogP contribution is 2.32. The third kappa shape index (κ3) is 8.67. The molecule has 10 heteroatoms. The fraction of sp³-hybridized carbons (Fsp3) is 0.486. The minimum Gasteiger partial charge on any atom is -0.490 e. The molecule has 0 spiro atoms. The van der Waals surface area contributed by atoms with Crippen molar-refractivity contribution in [2.45, 2.75) is 83.4 Å². The first-order valence-corrected chi connectivity index (χ1v) is 17.3. The number of thiol groups is 1. The molecule has 1 aliphatic rings. The van der Waals surface area contributed by atoms with Crippen LogP contribution in [0.25, 0.3) is 21.9 Å². The van der Waals surface area contributed by atoms with Crippen LogP contribution in [0, 0.1) is 11.8 Å². The highest BCUT2D eigenvalue weighted by atomic mass is 32.2. The maximum absolute atomic E-state index is 13.2. The van der Waals surface area contributed by atoms with E-state index in [0.717, 1.165) is 35.1 Å². The molecule has 1 aliphatic carbocycles. The fourth-order valence-electron chi connectivity index (χ4n) is 5.31. The number of nitrogens with one attached hydrogen (secondary N) is 2. The molecule has 2 aromatic carbocycles. The number of rotatable bonds is 16. The number of carbonyl (C=O) groups excluding carboxylic acids is 2. The molecule has 4 atom stereocenters. The SMILES string of the molecule is CC(S)NC[C@@H](C)Oc1ccc2oc(C(=O)C(C)CSC(C)NC3CC(Oc4ccc5oc(C(=O)C(C)C)cc5c4)C3)cc2c1. The van der Waals surface area contributed by atoms with Crippen LogP contribution in [-0.4, -0.2) is 52.9 Å². The van der Waals surface area contributed by atoms with Crippen molar-refractivity contribution < 1.29 is 27.9 Å². The monoisotopic (exact) mass is 652 g/mol. The first kappa shape index (κ1) is 33.4. The highest BCUT2D eigenvalue weighted by Gasteiger charge is 2.32. The van der Waals surface area contributed by atoms with Gasteiger partial charge < -0.3 is 28.9 Å². The van der Waals surface area contributed by atoms with Crippen molar-refractivity contribution in [3.63, 3.8) is 0 Å². The van der Waals surface area contributed by atoms with Gasteiger partial charge in [0.1, 0.15) is 34.9 Å². The summed E-state index contributed by atoms with van der Waals surface area (Å²) in [5.74, 6) is 2.69. The smallest absolute Gasteiger partial charge is 0.201 e. The first-order chi connectivity index (χ1) is 21.4. The Hall–Kier alpha value is -2.92. The highest BCUT2D eigenvalue weighted by molar-refractivity contribution is 7.99. The number of fused-ring (bicyclic) bond motifs is 2. The summed E-state index contributed by atoms with van der Waals surface area (Å²) in [6.07, 6.45) is 1.94. The molecule has 45 heavy (non-hydrogen) atoms. The molecule has 8 nitrogen and oxygen atoms in total. The van der Waals surface area contributed by atoms with E-state index in [1.165, 1.54) is 0 Å². The minimum absolute atomic E-state index is 0.000224. The van der Waals surface area contributed by atoms with E-state index in [1.807, 2.05) is 77.1 Å². The molecule has 0 aliphatic heterocycles. The van der Waals surface area contributed by atoms with Crippen LogP contribution < -0.4 is 20.1 Å². The molecule has 1 saturated carbocycles. The Labute approximate surface area is 274 Å². The zero-order valence-electron chi connectivity index (χ0n) is 26.8. The average Bonchev–Trinajstić information content (AvgIpc) is 3.60. The summed E-state index contributed by atoms with van der Waals surface area (Å²) in [6.45, 7) is 12.5. The topological polar surface area (TPSA) is 103 Å². The molecule has 2 heterocycles. The maximum Gasteiger partial charge on any atom is 0.201 e. The van der Waals surface area contributed by atoms with E-state index >= 15 is 0 Å². The van der Waals surface area contributed by atoms with E-state index in [1.54, 1.807) is 17.8 Å². The largest absolute Gasteiger partial charge is 0.490 e. The Morgan fingerprint density at radius 1 is 0.889 bits per heavy atom. The number of hydrogen-bond donors (Lipinski definition) is 3. The molecule has 4 aromatic rings. The third-order valence-corrected chi connectivity index (χ3v) is 9.45. The Morgan fingerprint density at radius 2 is 1.49 bits per heavy atom. The lowest BCUT2D eigenvalue weighted by Crippen LogP contribution is -2.49. The van der Waals surface area contributed by atoms with Crippen molar-refractivity contribution in [3.8, 4) is 11.5 Å². The minimum atomic E-state index is -0.184. The van der Waals surface area contributed by atoms with Gasteiger partial charge in [-0.25, -0.2) is 0 Å². The molecule has 0 amide bonds. The summed E-state index contributed by atoms with van der Waals surface area (Å²) in [5, 5.41) is 8.92. The van der Waals surface area contributed by atoms with Crippen LogP contribution >= 0.6 is 24.4 Å². The lowest BCUT2D eigenvalue weighted by molar-refractivity contribution is 0.0847. The number of hydrogen-bond acceptors (Lipinski definition) is 10. The summed E-state index contributed by atoms with van der Waals surface area (Å²) in [4.78, 5) is 25.5. The number of Topliss-reactive ketones (excluding diaryl/α,β-unsaturated/α-hetero) is 2. The van der Waals surface area contributed by atoms with E-state index < -0.39 is 0 Å². The summed E-state index contributed by atoms with van der Waals surface area (Å²) >= 11 is 6.08. The van der Waals surface area contributed by atoms with Gasteiger partial charge in [-0.2, -0.15) is 12.6 Å². The van der Waals surface area contributed by atoms with Gasteiger partial charge in [-0.3, -0.25) is 9.59 Å². The second-order valence-corrected chi connectivity index (χ2v) is 14.6. The number of thioether (sulfide) groups is 1. The Kier molecular flexibility index (Phi) is 10.9. The molecule has 1 fully saturated rings. The fourth-order valence-corrected chi connectivity index (χ4v) is 6.43. The van der Waals surface area contributed by atoms with Gasteiger partial charge in [0.2, 0.25) is 11.6 Å². The molecule has 5 rings (SSSR count). The van der Waals surface area contributed by atoms with Gasteiger partial charge in [0.25, 0.3) is 0 Å². The number of furan rings is 2. The number of carbonyl (C=O) groups is 2. The van der Waals surface area contributed by atoms with E-state index in [9.17, 15) is 9.59 Å². The molecule has 0 bridgehead atoms. The lowest BCUT2D eigenvalue weighted by atomic mass is 9.89. The quantitative estimate of drug-likeness (QED) is 0.0637. The molecule has 0 radical (unpaired) electrons. The summed E-state index contributed by atoms with van der Waals surface area (Å²) < 4.78 is 23.8. The van der Waals surface area contributed by atoms with Gasteiger partial charge in [-0.1, -0.05) is 20.8 Å². The van der Waals surface area contributed by atoms with Crippen LogP contribution in [0.1, 0.15) is 75.5 Å². The molecule has 0 saturated heterocycles. The van der Waals surface area contributed by atoms with Crippen LogP contribution in [0.3, 0.4) is 0 Å². The van der Waals surface area contributed by atoms with Gasteiger partial charge in [-0.15, -0.1) is 11.8 Å². The molecule has 3 unspecified atom stereocenters. The molecular weight excluding hydrogens is 609 g/mol. The first-order valence-electron chi connectivity index (χ1n) is 15.7. The molecular formula is C35H44N2O6S2. The molecule has 242 valence electrons. The van der Waals surface area contributed by atoms with Gasteiger partial charge in [0.15, 0.2) is 11.5 Å². The van der Waals surface area contributed by atoms with E-state index in [4.69, 9.17) is 18.3 Å². The second-order valence-electron chi connectivity index (χ2n) is 12.5. The van der Waals surface area contributed by atoms with Crippen LogP contribution in [0.15, 0.2) is 57.4 Å². The van der Waals surface area contributed by atoms with Crippen LogP contribution in [0.2, 0.25) is 0 Å². The van der Waals surface area contributed by atoms with E-state index in [0.29, 0.717) is 41.0 Å².